The first-order valence-corrected chi connectivity index (χ1v) is 7.63. The average molecular weight is 296 g/mol. The Morgan fingerprint density at radius 2 is 1.14 bits per heavy atom. The third-order valence-corrected chi connectivity index (χ3v) is 3.07. The van der Waals surface area contributed by atoms with E-state index in [1.807, 2.05) is 27.7 Å². The van der Waals surface area contributed by atoms with E-state index < -0.39 is 0 Å². The molecule has 0 heterocycles. The van der Waals surface area contributed by atoms with E-state index in [2.05, 4.69) is 21.1 Å². The minimum absolute atomic E-state index is 0.0737. The van der Waals surface area contributed by atoms with Crippen molar-refractivity contribution in [3.05, 3.63) is 0 Å². The molecule has 2 N–H and O–H groups in total. The monoisotopic (exact) mass is 296 g/mol. The van der Waals surface area contributed by atoms with Crippen molar-refractivity contribution in [1.29, 1.82) is 0 Å². The van der Waals surface area contributed by atoms with Crippen molar-refractivity contribution in [3.8, 4) is 0 Å². The Labute approximate surface area is 127 Å². The quantitative estimate of drug-likeness (QED) is 0.369. The lowest BCUT2D eigenvalue weighted by Crippen LogP contribution is -2.19. The predicted octanol–water partition coefficient (Wildman–Crippen LogP) is 2.74. The van der Waals surface area contributed by atoms with E-state index in [0.29, 0.717) is 12.8 Å². The average Bonchev–Trinajstić information content (AvgIpc) is 2.49. The second kappa shape index (κ2) is 12.1. The van der Waals surface area contributed by atoms with Gasteiger partial charge in [0.15, 0.2) is 0 Å². The molecule has 0 aromatic rings. The highest BCUT2D eigenvalue weighted by atomic mass is 16.2. The van der Waals surface area contributed by atoms with E-state index in [4.69, 9.17) is 0 Å². The van der Waals surface area contributed by atoms with Crippen LogP contribution in [0.3, 0.4) is 0 Å². The number of amides is 2. The van der Waals surface area contributed by atoms with Gasteiger partial charge in [0, 0.05) is 24.3 Å². The summed E-state index contributed by atoms with van der Waals surface area (Å²) in [4.78, 5) is 22.9. The summed E-state index contributed by atoms with van der Waals surface area (Å²) in [7, 11) is 0. The van der Waals surface area contributed by atoms with Crippen LogP contribution in [0.5, 0.6) is 0 Å². The second-order valence-electron chi connectivity index (χ2n) is 5.03. The van der Waals surface area contributed by atoms with Crippen molar-refractivity contribution in [3.63, 3.8) is 0 Å². The summed E-state index contributed by atoms with van der Waals surface area (Å²) >= 11 is 0. The fourth-order valence-corrected chi connectivity index (χ4v) is 1.33. The van der Waals surface area contributed by atoms with E-state index in [0.717, 1.165) is 43.5 Å². The van der Waals surface area contributed by atoms with Crippen molar-refractivity contribution in [2.45, 2.75) is 72.6 Å². The maximum absolute atomic E-state index is 11.5. The van der Waals surface area contributed by atoms with Crippen LogP contribution in [0.2, 0.25) is 0 Å². The SMILES string of the molecule is CC/C(C)=N\NC(=O)CCCCCC(=O)N/N=C(/C)CC. The molecule has 6 nitrogen and oxygen atoms in total. The van der Waals surface area contributed by atoms with E-state index in [1.165, 1.54) is 0 Å². The lowest BCUT2D eigenvalue weighted by molar-refractivity contribution is -0.121. The summed E-state index contributed by atoms with van der Waals surface area (Å²) < 4.78 is 0. The molecule has 0 aliphatic heterocycles. The molecule has 2 amide bonds. The molecular weight excluding hydrogens is 268 g/mol. The van der Waals surface area contributed by atoms with Gasteiger partial charge in [-0.15, -0.1) is 0 Å². The highest BCUT2D eigenvalue weighted by Gasteiger charge is 2.02. The minimum Gasteiger partial charge on any atom is -0.273 e. The molecule has 0 aliphatic carbocycles. The van der Waals surface area contributed by atoms with E-state index in [9.17, 15) is 9.59 Å². The van der Waals surface area contributed by atoms with Gasteiger partial charge in [0.1, 0.15) is 0 Å². The van der Waals surface area contributed by atoms with E-state index in [1.54, 1.807) is 0 Å². The lowest BCUT2D eigenvalue weighted by Gasteiger charge is -2.02. The Balaban J connectivity index is 3.64. The van der Waals surface area contributed by atoms with Gasteiger partial charge < -0.3 is 0 Å². The number of nitrogens with zero attached hydrogens (tertiary/aromatic N) is 2. The molecule has 0 fully saturated rings. The van der Waals surface area contributed by atoms with Crippen LogP contribution >= 0.6 is 0 Å². The predicted molar refractivity (Wildman–Crippen MR) is 86.2 cm³/mol. The number of unbranched alkanes of at least 4 members (excludes halogenated alkanes) is 2. The number of nitrogens with one attached hydrogen (secondary N) is 2. The number of hydrogen-bond donors (Lipinski definition) is 2. The molecule has 0 saturated carbocycles. The highest BCUT2D eigenvalue weighted by molar-refractivity contribution is 5.84. The van der Waals surface area contributed by atoms with Crippen LogP contribution in [0.15, 0.2) is 10.2 Å². The van der Waals surface area contributed by atoms with Gasteiger partial charge in [0.2, 0.25) is 11.8 Å². The number of hydrazone groups is 2. The topological polar surface area (TPSA) is 82.9 Å². The fraction of sp³-hybridized carbons (Fsp3) is 0.733. The van der Waals surface area contributed by atoms with Crippen LogP contribution < -0.4 is 10.9 Å². The molecular formula is C15H28N4O2. The Morgan fingerprint density at radius 1 is 0.762 bits per heavy atom. The fourth-order valence-electron chi connectivity index (χ4n) is 1.33. The normalized spacial score (nSPS) is 12.2. The first kappa shape index (κ1) is 19.3. The lowest BCUT2D eigenvalue weighted by atomic mass is 10.1. The van der Waals surface area contributed by atoms with Gasteiger partial charge in [-0.05, 0) is 39.5 Å². The van der Waals surface area contributed by atoms with Crippen LogP contribution in [0, 0.1) is 0 Å². The summed E-state index contributed by atoms with van der Waals surface area (Å²) in [5.41, 5.74) is 6.86. The van der Waals surface area contributed by atoms with E-state index in [-0.39, 0.29) is 11.8 Å². The van der Waals surface area contributed by atoms with Crippen LogP contribution in [-0.2, 0) is 9.59 Å². The number of rotatable bonds is 10. The van der Waals surface area contributed by atoms with Crippen molar-refractivity contribution in [2.75, 3.05) is 0 Å². The molecule has 6 heteroatoms. The van der Waals surface area contributed by atoms with Crippen LogP contribution in [0.25, 0.3) is 0 Å². The van der Waals surface area contributed by atoms with Crippen LogP contribution in [0.4, 0.5) is 0 Å². The summed E-state index contributed by atoms with van der Waals surface area (Å²) in [5.74, 6) is -0.147. The van der Waals surface area contributed by atoms with Crippen molar-refractivity contribution >= 4 is 23.2 Å². The van der Waals surface area contributed by atoms with Crippen molar-refractivity contribution < 1.29 is 9.59 Å². The Kier molecular flexibility index (Phi) is 11.1. The summed E-state index contributed by atoms with van der Waals surface area (Å²) in [6.07, 6.45) is 4.90. The molecule has 0 aromatic heterocycles. The molecule has 120 valence electrons. The van der Waals surface area contributed by atoms with Crippen molar-refractivity contribution in [2.24, 2.45) is 10.2 Å². The molecule has 0 unspecified atom stereocenters. The maximum Gasteiger partial charge on any atom is 0.240 e. The van der Waals surface area contributed by atoms with Gasteiger partial charge in [0.25, 0.3) is 0 Å². The molecule has 0 radical (unpaired) electrons. The van der Waals surface area contributed by atoms with Gasteiger partial charge in [-0.3, -0.25) is 9.59 Å². The number of carbonyl (C=O) groups excluding carboxylic acids is 2. The zero-order valence-electron chi connectivity index (χ0n) is 13.7. The zero-order chi connectivity index (χ0) is 16.1. The van der Waals surface area contributed by atoms with Crippen LogP contribution in [-0.4, -0.2) is 23.2 Å². The Bertz CT molecular complexity index is 353. The van der Waals surface area contributed by atoms with Crippen LogP contribution in [0.1, 0.15) is 72.6 Å². The first-order chi connectivity index (χ1) is 9.99. The summed E-state index contributed by atoms with van der Waals surface area (Å²) in [5, 5.41) is 7.91. The molecule has 0 rings (SSSR count). The van der Waals surface area contributed by atoms with Gasteiger partial charge in [0.05, 0.1) is 0 Å². The number of hydrogen-bond acceptors (Lipinski definition) is 4. The third kappa shape index (κ3) is 11.8. The third-order valence-electron chi connectivity index (χ3n) is 3.07. The van der Waals surface area contributed by atoms with Gasteiger partial charge >= 0.3 is 0 Å². The van der Waals surface area contributed by atoms with Gasteiger partial charge in [-0.25, -0.2) is 10.9 Å². The van der Waals surface area contributed by atoms with Crippen molar-refractivity contribution in [1.82, 2.24) is 10.9 Å². The maximum atomic E-state index is 11.5. The molecule has 21 heavy (non-hydrogen) atoms. The molecule has 0 atom stereocenters. The van der Waals surface area contributed by atoms with Gasteiger partial charge in [-0.1, -0.05) is 20.3 Å². The first-order valence-electron chi connectivity index (χ1n) is 7.63. The highest BCUT2D eigenvalue weighted by Crippen LogP contribution is 2.03. The van der Waals surface area contributed by atoms with E-state index >= 15 is 0 Å². The zero-order valence-corrected chi connectivity index (χ0v) is 13.7. The summed E-state index contributed by atoms with van der Waals surface area (Å²) in [6.45, 7) is 7.73. The second-order valence-corrected chi connectivity index (χ2v) is 5.03. The Hall–Kier alpha value is -1.72. The smallest absolute Gasteiger partial charge is 0.240 e. The molecule has 0 spiro atoms. The molecule has 0 aliphatic rings. The standard InChI is InChI=1S/C15H28N4O2/c1-5-12(3)16-18-14(20)10-8-7-9-11-15(21)19-17-13(4)6-2/h5-11H2,1-4H3,(H,18,20)(H,19,21)/b16-12-,17-13-. The molecule has 0 aromatic carbocycles. The Morgan fingerprint density at radius 3 is 1.48 bits per heavy atom. The minimum atomic E-state index is -0.0737. The summed E-state index contributed by atoms with van der Waals surface area (Å²) in [6, 6.07) is 0. The molecule has 0 bridgehead atoms. The largest absolute Gasteiger partial charge is 0.273 e. The molecule has 0 saturated heterocycles. The number of carbonyl (C=O) groups is 2. The van der Waals surface area contributed by atoms with Gasteiger partial charge in [-0.2, -0.15) is 10.2 Å².